The fourth-order valence-corrected chi connectivity index (χ4v) is 0.789. The van der Waals surface area contributed by atoms with Gasteiger partial charge in [-0.3, -0.25) is 4.79 Å². The van der Waals surface area contributed by atoms with E-state index in [0.717, 1.165) is 6.08 Å². The van der Waals surface area contributed by atoms with Crippen LogP contribution in [0.4, 0.5) is 0 Å². The third kappa shape index (κ3) is 4.44. The molecular weight excluding hydrogens is 194 g/mol. The van der Waals surface area contributed by atoms with Crippen LogP contribution in [0.15, 0.2) is 24.8 Å². The summed E-state index contributed by atoms with van der Waals surface area (Å²) in [6.45, 7) is 11.8. The fourth-order valence-electron chi connectivity index (χ4n) is 0.789. The Hall–Kier alpha value is -1.58. The first kappa shape index (κ1) is 13.4. The Morgan fingerprint density at radius 1 is 1.53 bits per heavy atom. The van der Waals surface area contributed by atoms with E-state index in [0.29, 0.717) is 12.0 Å². The maximum atomic E-state index is 11.3. The van der Waals surface area contributed by atoms with Gasteiger partial charge in [-0.25, -0.2) is 4.79 Å². The molecule has 0 saturated carbocycles. The highest BCUT2D eigenvalue weighted by atomic mass is 16.6. The van der Waals surface area contributed by atoms with Crippen LogP contribution in [-0.2, 0) is 14.3 Å². The molecule has 1 atom stereocenters. The zero-order valence-electron chi connectivity index (χ0n) is 9.42. The number of rotatable bonds is 5. The molecule has 0 saturated heterocycles. The van der Waals surface area contributed by atoms with Gasteiger partial charge in [0.1, 0.15) is 0 Å². The molecule has 0 spiro atoms. The maximum absolute atomic E-state index is 11.3. The molecule has 0 aromatic rings. The summed E-state index contributed by atoms with van der Waals surface area (Å²) in [5, 5.41) is 2.54. The van der Waals surface area contributed by atoms with Crippen LogP contribution in [0.5, 0.6) is 0 Å². The molecule has 0 aromatic heterocycles. The molecule has 1 N–H and O–H groups in total. The second-order valence-electron chi connectivity index (χ2n) is 3.45. The number of nitrogens with one attached hydrogen (secondary N) is 1. The molecule has 0 fully saturated rings. The van der Waals surface area contributed by atoms with Gasteiger partial charge >= 0.3 is 5.97 Å². The Morgan fingerprint density at radius 3 is 2.40 bits per heavy atom. The number of esters is 1. The van der Waals surface area contributed by atoms with Gasteiger partial charge in [0.05, 0.1) is 0 Å². The molecule has 1 amide bonds. The number of carbonyl (C=O) groups is 2. The predicted octanol–water partition coefficient (Wildman–Crippen LogP) is 1.53. The van der Waals surface area contributed by atoms with Crippen LogP contribution in [0.25, 0.3) is 0 Å². The molecule has 0 aromatic carbocycles. The maximum Gasteiger partial charge on any atom is 0.335 e. The number of amides is 1. The van der Waals surface area contributed by atoms with Gasteiger partial charge in [-0.1, -0.05) is 20.1 Å². The summed E-state index contributed by atoms with van der Waals surface area (Å²) in [6, 6.07) is 0. The Labute approximate surface area is 90.0 Å². The molecule has 84 valence electrons. The van der Waals surface area contributed by atoms with Crippen LogP contribution in [0.3, 0.4) is 0 Å². The first-order valence-corrected chi connectivity index (χ1v) is 4.68. The molecule has 0 heterocycles. The Morgan fingerprint density at radius 2 is 2.07 bits per heavy atom. The molecule has 4 nitrogen and oxygen atoms in total. The molecule has 0 radical (unpaired) electrons. The third-order valence-electron chi connectivity index (χ3n) is 1.91. The van der Waals surface area contributed by atoms with E-state index < -0.39 is 11.7 Å². The fraction of sp³-hybridized carbons (Fsp3) is 0.455. The van der Waals surface area contributed by atoms with Crippen molar-refractivity contribution >= 4 is 11.9 Å². The van der Waals surface area contributed by atoms with E-state index in [4.69, 9.17) is 4.74 Å². The van der Waals surface area contributed by atoms with Gasteiger partial charge in [-0.2, -0.15) is 0 Å². The second kappa shape index (κ2) is 5.34. The zero-order valence-corrected chi connectivity index (χ0v) is 9.42. The second-order valence-corrected chi connectivity index (χ2v) is 3.45. The number of hydrogen-bond acceptors (Lipinski definition) is 3. The first-order chi connectivity index (χ1) is 6.84. The van der Waals surface area contributed by atoms with Gasteiger partial charge in [-0.05, 0) is 19.9 Å². The molecule has 0 aliphatic rings. The number of ether oxygens (including phenoxy) is 1. The van der Waals surface area contributed by atoms with Crippen molar-refractivity contribution < 1.29 is 14.3 Å². The topological polar surface area (TPSA) is 55.4 Å². The summed E-state index contributed by atoms with van der Waals surface area (Å²) in [6.07, 6.45) is 1.59. The van der Waals surface area contributed by atoms with Gasteiger partial charge in [0.25, 0.3) is 0 Å². The van der Waals surface area contributed by atoms with E-state index in [1.54, 1.807) is 20.8 Å². The van der Waals surface area contributed by atoms with Crippen LogP contribution >= 0.6 is 0 Å². The van der Waals surface area contributed by atoms with Gasteiger partial charge < -0.3 is 10.1 Å². The van der Waals surface area contributed by atoms with E-state index in [-0.39, 0.29) is 5.91 Å². The minimum absolute atomic E-state index is 0.294. The van der Waals surface area contributed by atoms with Crippen LogP contribution in [-0.4, -0.2) is 17.6 Å². The summed E-state index contributed by atoms with van der Waals surface area (Å²) in [5.74, 6) is -0.905. The average molecular weight is 211 g/mol. The smallest absolute Gasteiger partial charge is 0.335 e. The van der Waals surface area contributed by atoms with Crippen molar-refractivity contribution in [2.45, 2.75) is 32.9 Å². The highest BCUT2D eigenvalue weighted by Gasteiger charge is 2.27. The van der Waals surface area contributed by atoms with Crippen LogP contribution in [0, 0.1) is 0 Å². The highest BCUT2D eigenvalue weighted by Crippen LogP contribution is 2.13. The minimum atomic E-state index is -1.01. The number of carbonyl (C=O) groups excluding carboxylic acids is 2. The van der Waals surface area contributed by atoms with Crippen molar-refractivity contribution in [3.8, 4) is 0 Å². The largest absolute Gasteiger partial charge is 0.436 e. The quantitative estimate of drug-likeness (QED) is 0.426. The average Bonchev–Trinajstić information content (AvgIpc) is 2.17. The van der Waals surface area contributed by atoms with Gasteiger partial charge in [0, 0.05) is 12.0 Å². The minimum Gasteiger partial charge on any atom is -0.436 e. The molecule has 0 aliphatic heterocycles. The standard InChI is InChI=1S/C11H17NO3/c1-6-9(13)12-11(5,7-2)15-10(14)8(3)4/h6H,1,3,7H2,2,4-5H3,(H,12,13). The first-order valence-electron chi connectivity index (χ1n) is 4.68. The Balaban J connectivity index is 4.56. The van der Waals surface area contributed by atoms with Crippen molar-refractivity contribution in [1.29, 1.82) is 0 Å². The SMILES string of the molecule is C=CC(=O)NC(C)(CC)OC(=O)C(=C)C. The lowest BCUT2D eigenvalue weighted by atomic mass is 10.2. The van der Waals surface area contributed by atoms with E-state index in [1.807, 2.05) is 0 Å². The summed E-state index contributed by atoms with van der Waals surface area (Å²) in [5.41, 5.74) is -0.719. The molecule has 0 aliphatic carbocycles. The molecule has 0 rings (SSSR count). The lowest BCUT2D eigenvalue weighted by molar-refractivity contribution is -0.158. The zero-order chi connectivity index (χ0) is 12.1. The summed E-state index contributed by atoms with van der Waals surface area (Å²) < 4.78 is 5.10. The molecule has 1 unspecified atom stereocenters. The molecular formula is C11H17NO3. The summed E-state index contributed by atoms with van der Waals surface area (Å²) in [4.78, 5) is 22.4. The lowest BCUT2D eigenvalue weighted by Crippen LogP contribution is -2.48. The normalized spacial score (nSPS) is 13.5. The van der Waals surface area contributed by atoms with Gasteiger partial charge in [0.2, 0.25) is 5.91 Å². The van der Waals surface area contributed by atoms with Crippen LogP contribution in [0.2, 0.25) is 0 Å². The highest BCUT2D eigenvalue weighted by molar-refractivity contribution is 5.89. The predicted molar refractivity (Wildman–Crippen MR) is 57.9 cm³/mol. The molecule has 0 bridgehead atoms. The van der Waals surface area contributed by atoms with Crippen molar-refractivity contribution in [2.75, 3.05) is 0 Å². The van der Waals surface area contributed by atoms with Crippen molar-refractivity contribution in [1.82, 2.24) is 5.32 Å². The van der Waals surface area contributed by atoms with Crippen LogP contribution in [0.1, 0.15) is 27.2 Å². The Bertz CT molecular complexity index is 296. The Kier molecular flexibility index (Phi) is 4.78. The van der Waals surface area contributed by atoms with Crippen molar-refractivity contribution in [3.05, 3.63) is 24.8 Å². The van der Waals surface area contributed by atoms with E-state index in [9.17, 15) is 9.59 Å². The molecule has 4 heteroatoms. The van der Waals surface area contributed by atoms with E-state index in [2.05, 4.69) is 18.5 Å². The van der Waals surface area contributed by atoms with Crippen molar-refractivity contribution in [2.24, 2.45) is 0 Å². The van der Waals surface area contributed by atoms with Gasteiger partial charge in [-0.15, -0.1) is 0 Å². The van der Waals surface area contributed by atoms with E-state index in [1.165, 1.54) is 0 Å². The van der Waals surface area contributed by atoms with Gasteiger partial charge in [0.15, 0.2) is 5.72 Å². The monoisotopic (exact) mass is 211 g/mol. The number of hydrogen-bond donors (Lipinski definition) is 1. The summed E-state index contributed by atoms with van der Waals surface area (Å²) >= 11 is 0. The summed E-state index contributed by atoms with van der Waals surface area (Å²) in [7, 11) is 0. The van der Waals surface area contributed by atoms with Crippen LogP contribution < -0.4 is 5.32 Å². The lowest BCUT2D eigenvalue weighted by Gasteiger charge is -2.28. The third-order valence-corrected chi connectivity index (χ3v) is 1.91. The molecule has 15 heavy (non-hydrogen) atoms. The van der Waals surface area contributed by atoms with Crippen molar-refractivity contribution in [3.63, 3.8) is 0 Å². The van der Waals surface area contributed by atoms with E-state index >= 15 is 0 Å².